The summed E-state index contributed by atoms with van der Waals surface area (Å²) in [4.78, 5) is 11.5. The van der Waals surface area contributed by atoms with Gasteiger partial charge in [-0.25, -0.2) is 0 Å². The van der Waals surface area contributed by atoms with Gasteiger partial charge >= 0.3 is 0 Å². The Morgan fingerprint density at radius 1 is 1.50 bits per heavy atom. The molecule has 0 saturated carbocycles. The van der Waals surface area contributed by atoms with E-state index in [-0.39, 0.29) is 5.91 Å². The summed E-state index contributed by atoms with van der Waals surface area (Å²) in [6.45, 7) is 3.29. The van der Waals surface area contributed by atoms with E-state index in [2.05, 4.69) is 5.32 Å². The number of anilines is 1. The third-order valence-corrected chi connectivity index (χ3v) is 1.90. The van der Waals surface area contributed by atoms with Crippen molar-refractivity contribution in [3.63, 3.8) is 0 Å². The van der Waals surface area contributed by atoms with Gasteiger partial charge in [0.25, 0.3) is 0 Å². The molecule has 0 aliphatic carbocycles. The molecule has 0 bridgehead atoms. The minimum Gasteiger partial charge on any atom is -0.324 e. The first-order valence-corrected chi connectivity index (χ1v) is 4.63. The molecule has 0 atom stereocenters. The molecule has 3 nitrogen and oxygen atoms in total. The third-order valence-electron chi connectivity index (χ3n) is 1.67. The minimum absolute atomic E-state index is 0.236. The van der Waals surface area contributed by atoms with Gasteiger partial charge in [0.05, 0.1) is 5.54 Å². The van der Waals surface area contributed by atoms with E-state index in [1.54, 1.807) is 38.1 Å². The molecule has 0 unspecified atom stereocenters. The van der Waals surface area contributed by atoms with Gasteiger partial charge in [0.1, 0.15) is 0 Å². The molecule has 0 aliphatic rings. The van der Waals surface area contributed by atoms with Crippen molar-refractivity contribution in [2.24, 2.45) is 5.73 Å². The molecule has 14 heavy (non-hydrogen) atoms. The number of halogens is 1. The maximum absolute atomic E-state index is 11.5. The molecule has 0 spiro atoms. The number of hydrogen-bond donors (Lipinski definition) is 2. The second-order valence-electron chi connectivity index (χ2n) is 3.69. The lowest BCUT2D eigenvalue weighted by Gasteiger charge is -2.17. The minimum atomic E-state index is -0.887. The molecule has 0 heterocycles. The van der Waals surface area contributed by atoms with Crippen LogP contribution in [0.2, 0.25) is 5.02 Å². The lowest BCUT2D eigenvalue weighted by molar-refractivity contribution is -0.120. The maximum Gasteiger partial charge on any atom is 0.243 e. The van der Waals surface area contributed by atoms with Gasteiger partial charge in [-0.1, -0.05) is 17.7 Å². The monoisotopic (exact) mass is 212 g/mol. The molecule has 1 amide bonds. The number of benzene rings is 1. The highest BCUT2D eigenvalue weighted by molar-refractivity contribution is 6.30. The van der Waals surface area contributed by atoms with Crippen LogP contribution in [0.15, 0.2) is 24.3 Å². The summed E-state index contributed by atoms with van der Waals surface area (Å²) >= 11 is 5.76. The van der Waals surface area contributed by atoms with E-state index in [9.17, 15) is 4.79 Å². The molecule has 0 saturated heterocycles. The van der Waals surface area contributed by atoms with E-state index in [0.29, 0.717) is 10.7 Å². The normalized spacial score (nSPS) is 11.1. The molecule has 0 radical (unpaired) electrons. The van der Waals surface area contributed by atoms with E-state index in [1.165, 1.54) is 0 Å². The summed E-state index contributed by atoms with van der Waals surface area (Å²) in [7, 11) is 0. The van der Waals surface area contributed by atoms with Gasteiger partial charge in [-0.3, -0.25) is 4.79 Å². The van der Waals surface area contributed by atoms with Gasteiger partial charge in [-0.15, -0.1) is 0 Å². The zero-order valence-electron chi connectivity index (χ0n) is 8.17. The summed E-state index contributed by atoms with van der Waals surface area (Å²) in [6.07, 6.45) is 0. The van der Waals surface area contributed by atoms with Gasteiger partial charge < -0.3 is 11.1 Å². The van der Waals surface area contributed by atoms with Crippen molar-refractivity contribution in [2.45, 2.75) is 19.4 Å². The summed E-state index contributed by atoms with van der Waals surface area (Å²) < 4.78 is 0. The van der Waals surface area contributed by atoms with Gasteiger partial charge in [-0.05, 0) is 32.0 Å². The average molecular weight is 213 g/mol. The van der Waals surface area contributed by atoms with Crippen LogP contribution < -0.4 is 11.1 Å². The average Bonchev–Trinajstić information content (AvgIpc) is 2.02. The molecule has 0 fully saturated rings. The number of rotatable bonds is 2. The van der Waals surface area contributed by atoms with Crippen LogP contribution in [0, 0.1) is 0 Å². The number of amides is 1. The van der Waals surface area contributed by atoms with E-state index in [1.807, 2.05) is 0 Å². The highest BCUT2D eigenvalue weighted by Crippen LogP contribution is 2.15. The predicted molar refractivity (Wildman–Crippen MR) is 58.3 cm³/mol. The summed E-state index contributed by atoms with van der Waals surface area (Å²) in [5, 5.41) is 3.26. The number of hydrogen-bond acceptors (Lipinski definition) is 2. The topological polar surface area (TPSA) is 55.1 Å². The van der Waals surface area contributed by atoms with Gasteiger partial charge in [0.2, 0.25) is 5.91 Å². The maximum atomic E-state index is 11.5. The lowest BCUT2D eigenvalue weighted by atomic mass is 10.1. The first-order chi connectivity index (χ1) is 6.39. The van der Waals surface area contributed by atoms with Crippen LogP contribution in [0.1, 0.15) is 13.8 Å². The Bertz CT molecular complexity index is 344. The molecule has 4 heteroatoms. The Balaban J connectivity index is 2.75. The van der Waals surface area contributed by atoms with Crippen LogP contribution in [-0.2, 0) is 4.79 Å². The Morgan fingerprint density at radius 3 is 2.64 bits per heavy atom. The molecule has 1 rings (SSSR count). The first kappa shape index (κ1) is 11.0. The smallest absolute Gasteiger partial charge is 0.243 e. The molecule has 0 aromatic heterocycles. The number of carbonyl (C=O) groups excluding carboxylic acids is 1. The highest BCUT2D eigenvalue weighted by Gasteiger charge is 2.21. The quantitative estimate of drug-likeness (QED) is 0.788. The van der Waals surface area contributed by atoms with Crippen LogP contribution >= 0.6 is 11.6 Å². The number of carbonyl (C=O) groups is 1. The molecule has 1 aromatic carbocycles. The van der Waals surface area contributed by atoms with Crippen molar-refractivity contribution >= 4 is 23.2 Å². The van der Waals surface area contributed by atoms with Crippen LogP contribution in [0.5, 0.6) is 0 Å². The molecule has 0 aliphatic heterocycles. The summed E-state index contributed by atoms with van der Waals surface area (Å²) in [5.41, 5.74) is 5.39. The Labute approximate surface area is 88.2 Å². The van der Waals surface area contributed by atoms with E-state index < -0.39 is 5.54 Å². The van der Waals surface area contributed by atoms with Crippen molar-refractivity contribution in [3.05, 3.63) is 29.3 Å². The van der Waals surface area contributed by atoms with Gasteiger partial charge in [-0.2, -0.15) is 0 Å². The van der Waals surface area contributed by atoms with Crippen LogP contribution in [0.25, 0.3) is 0 Å². The number of nitrogens with two attached hydrogens (primary N) is 1. The largest absolute Gasteiger partial charge is 0.324 e. The first-order valence-electron chi connectivity index (χ1n) is 4.25. The highest BCUT2D eigenvalue weighted by atomic mass is 35.5. The SMILES string of the molecule is CC(C)(N)C(=O)Nc1cccc(Cl)c1. The Morgan fingerprint density at radius 2 is 2.14 bits per heavy atom. The van der Waals surface area contributed by atoms with Crippen LogP contribution in [-0.4, -0.2) is 11.4 Å². The molecule has 76 valence electrons. The Hall–Kier alpha value is -1.06. The fraction of sp³-hybridized carbons (Fsp3) is 0.300. The standard InChI is InChI=1S/C10H13ClN2O/c1-10(2,12)9(14)13-8-5-3-4-7(11)6-8/h3-6H,12H2,1-2H3,(H,13,14). The molecular weight excluding hydrogens is 200 g/mol. The van der Waals surface area contributed by atoms with Crippen molar-refractivity contribution in [3.8, 4) is 0 Å². The zero-order chi connectivity index (χ0) is 10.8. The second-order valence-corrected chi connectivity index (χ2v) is 4.12. The predicted octanol–water partition coefficient (Wildman–Crippen LogP) is 2.02. The van der Waals surface area contributed by atoms with E-state index in [0.717, 1.165) is 0 Å². The van der Waals surface area contributed by atoms with Crippen molar-refractivity contribution in [2.75, 3.05) is 5.32 Å². The van der Waals surface area contributed by atoms with Gasteiger partial charge in [0.15, 0.2) is 0 Å². The van der Waals surface area contributed by atoms with E-state index >= 15 is 0 Å². The van der Waals surface area contributed by atoms with E-state index in [4.69, 9.17) is 17.3 Å². The lowest BCUT2D eigenvalue weighted by Crippen LogP contribution is -2.45. The molecule has 1 aromatic rings. The zero-order valence-corrected chi connectivity index (χ0v) is 8.93. The van der Waals surface area contributed by atoms with Gasteiger partial charge in [0, 0.05) is 10.7 Å². The number of nitrogens with one attached hydrogen (secondary N) is 1. The molecule has 3 N–H and O–H groups in total. The fourth-order valence-corrected chi connectivity index (χ4v) is 1.05. The van der Waals surface area contributed by atoms with Crippen molar-refractivity contribution in [1.29, 1.82) is 0 Å². The third kappa shape index (κ3) is 3.01. The Kier molecular flexibility index (Phi) is 3.13. The summed E-state index contributed by atoms with van der Waals surface area (Å²) in [6, 6.07) is 6.94. The van der Waals surface area contributed by atoms with Crippen LogP contribution in [0.3, 0.4) is 0 Å². The van der Waals surface area contributed by atoms with Crippen LogP contribution in [0.4, 0.5) is 5.69 Å². The molecular formula is C10H13ClN2O. The second kappa shape index (κ2) is 3.98. The van der Waals surface area contributed by atoms with Crippen molar-refractivity contribution < 1.29 is 4.79 Å². The summed E-state index contributed by atoms with van der Waals surface area (Å²) in [5.74, 6) is -0.236. The van der Waals surface area contributed by atoms with Crippen molar-refractivity contribution in [1.82, 2.24) is 0 Å². The fourth-order valence-electron chi connectivity index (χ4n) is 0.858.